The highest BCUT2D eigenvalue weighted by molar-refractivity contribution is 5.83. The van der Waals surface area contributed by atoms with E-state index < -0.39 is 18.1 Å². The largest absolute Gasteiger partial charge is 0.480 e. The van der Waals surface area contributed by atoms with Gasteiger partial charge >= 0.3 is 5.97 Å². The van der Waals surface area contributed by atoms with Gasteiger partial charge in [-0.05, 0) is 12.0 Å². The Morgan fingerprint density at radius 1 is 1.64 bits per heavy atom. The fourth-order valence-corrected chi connectivity index (χ4v) is 1.55. The Morgan fingerprint density at radius 2 is 2.29 bits per heavy atom. The molecule has 0 saturated carbocycles. The molecule has 0 aliphatic carbocycles. The summed E-state index contributed by atoms with van der Waals surface area (Å²) in [5.74, 6) is -1.37. The number of nitrogens with zero attached hydrogens (tertiary/aromatic N) is 4. The summed E-state index contributed by atoms with van der Waals surface area (Å²) in [4.78, 5) is 25.6. The molecular weight excluding hydrogens is 188 g/mol. The maximum atomic E-state index is 11.0. The van der Waals surface area contributed by atoms with Gasteiger partial charge in [-0.3, -0.25) is 4.79 Å². The molecule has 1 amide bonds. The first-order valence-electron chi connectivity index (χ1n) is 4.10. The summed E-state index contributed by atoms with van der Waals surface area (Å²) in [5, 5.41) is 12.2. The van der Waals surface area contributed by atoms with Crippen LogP contribution in [0.25, 0.3) is 10.4 Å². The number of carbonyl (C=O) groups excluding carboxylic acids is 1. The Bertz CT molecular complexity index is 288. The second-order valence-electron chi connectivity index (χ2n) is 3.12. The average Bonchev–Trinajstić information content (AvgIpc) is 2.49. The number of azide groups is 1. The molecule has 1 fully saturated rings. The number of carboxylic acid groups (broad SMARTS) is 1. The molecule has 7 nitrogen and oxygen atoms in total. The van der Waals surface area contributed by atoms with Crippen LogP contribution in [0.4, 0.5) is 0 Å². The first-order valence-corrected chi connectivity index (χ1v) is 4.10. The molecular formula is C7H10N4O3. The fourth-order valence-electron chi connectivity index (χ4n) is 1.55. The van der Waals surface area contributed by atoms with E-state index in [1.54, 1.807) is 0 Å². The van der Waals surface area contributed by atoms with Crippen LogP contribution in [0.3, 0.4) is 0 Å². The lowest BCUT2D eigenvalue weighted by molar-refractivity contribution is -0.147. The van der Waals surface area contributed by atoms with Crippen LogP contribution in [-0.4, -0.2) is 40.5 Å². The molecule has 2 atom stereocenters. The van der Waals surface area contributed by atoms with Crippen molar-refractivity contribution < 1.29 is 14.7 Å². The molecule has 1 aliphatic heterocycles. The number of carboxylic acids is 1. The van der Waals surface area contributed by atoms with Crippen LogP contribution in [0, 0.1) is 0 Å². The molecule has 0 aromatic carbocycles. The zero-order valence-electron chi connectivity index (χ0n) is 7.62. The molecule has 0 bridgehead atoms. The summed E-state index contributed by atoms with van der Waals surface area (Å²) in [7, 11) is 0. The summed E-state index contributed by atoms with van der Waals surface area (Å²) in [6.07, 6.45) is 0.193. The number of likely N-dealkylation sites (tertiary alicyclic amines) is 1. The Labute approximate surface area is 79.9 Å². The molecule has 1 N–H and O–H groups in total. The van der Waals surface area contributed by atoms with Crippen molar-refractivity contribution in [3.05, 3.63) is 10.4 Å². The summed E-state index contributed by atoms with van der Waals surface area (Å²) < 4.78 is 0. The standard InChI is InChI=1S/C7H10N4O3/c1-4(12)11-3-5(9-10-8)2-6(11)7(13)14/h5-6H,2-3H2,1H3,(H,13,14)/t5-,6+/m0/s1. The Hall–Kier alpha value is -1.75. The van der Waals surface area contributed by atoms with Crippen LogP contribution in [0.1, 0.15) is 13.3 Å². The maximum absolute atomic E-state index is 11.0. The predicted octanol–water partition coefficient (Wildman–Crippen LogP) is 0.371. The minimum absolute atomic E-state index is 0.191. The summed E-state index contributed by atoms with van der Waals surface area (Å²) in [6.45, 7) is 1.49. The lowest BCUT2D eigenvalue weighted by Gasteiger charge is -2.18. The van der Waals surface area contributed by atoms with Gasteiger partial charge in [-0.15, -0.1) is 0 Å². The average molecular weight is 198 g/mol. The third-order valence-corrected chi connectivity index (χ3v) is 2.18. The van der Waals surface area contributed by atoms with Crippen molar-refractivity contribution in [3.8, 4) is 0 Å². The number of rotatable bonds is 2. The summed E-state index contributed by atoms with van der Waals surface area (Å²) in [6, 6.07) is -1.28. The van der Waals surface area contributed by atoms with E-state index in [0.717, 1.165) is 0 Å². The summed E-state index contributed by atoms with van der Waals surface area (Å²) in [5.41, 5.74) is 8.18. The fraction of sp³-hybridized carbons (Fsp3) is 0.714. The molecule has 0 spiro atoms. The molecule has 0 radical (unpaired) electrons. The van der Waals surface area contributed by atoms with Crippen molar-refractivity contribution in [2.24, 2.45) is 5.11 Å². The molecule has 1 heterocycles. The Morgan fingerprint density at radius 3 is 2.64 bits per heavy atom. The van der Waals surface area contributed by atoms with Crippen molar-refractivity contribution in [2.75, 3.05) is 6.54 Å². The van der Waals surface area contributed by atoms with Gasteiger partial charge in [0, 0.05) is 18.4 Å². The van der Waals surface area contributed by atoms with Gasteiger partial charge in [0.2, 0.25) is 5.91 Å². The summed E-state index contributed by atoms with van der Waals surface area (Å²) >= 11 is 0. The molecule has 1 saturated heterocycles. The Balaban J connectivity index is 2.79. The smallest absolute Gasteiger partial charge is 0.326 e. The first-order chi connectivity index (χ1) is 6.56. The predicted molar refractivity (Wildman–Crippen MR) is 46.4 cm³/mol. The highest BCUT2D eigenvalue weighted by atomic mass is 16.4. The van der Waals surface area contributed by atoms with E-state index in [0.29, 0.717) is 0 Å². The van der Waals surface area contributed by atoms with Crippen LogP contribution in [0.2, 0.25) is 0 Å². The van der Waals surface area contributed by atoms with E-state index in [1.165, 1.54) is 11.8 Å². The van der Waals surface area contributed by atoms with E-state index in [1.807, 2.05) is 0 Å². The minimum Gasteiger partial charge on any atom is -0.480 e. The van der Waals surface area contributed by atoms with E-state index >= 15 is 0 Å². The zero-order chi connectivity index (χ0) is 10.7. The van der Waals surface area contributed by atoms with Gasteiger partial charge in [-0.1, -0.05) is 5.11 Å². The molecule has 0 unspecified atom stereocenters. The van der Waals surface area contributed by atoms with Crippen molar-refractivity contribution >= 4 is 11.9 Å². The van der Waals surface area contributed by atoms with E-state index in [-0.39, 0.29) is 18.9 Å². The SMILES string of the molecule is CC(=O)N1C[C@@H](N=[N+]=[N-])C[C@@H]1C(=O)O. The monoisotopic (exact) mass is 198 g/mol. The number of hydrogen-bond acceptors (Lipinski definition) is 3. The molecule has 1 rings (SSSR count). The molecule has 76 valence electrons. The molecule has 0 aromatic rings. The molecule has 1 aliphatic rings. The van der Waals surface area contributed by atoms with Crippen molar-refractivity contribution in [1.82, 2.24) is 4.90 Å². The van der Waals surface area contributed by atoms with E-state index in [4.69, 9.17) is 10.6 Å². The zero-order valence-corrected chi connectivity index (χ0v) is 7.62. The molecule has 7 heteroatoms. The van der Waals surface area contributed by atoms with E-state index in [9.17, 15) is 9.59 Å². The normalized spacial score (nSPS) is 25.6. The second-order valence-corrected chi connectivity index (χ2v) is 3.12. The third kappa shape index (κ3) is 1.94. The van der Waals surface area contributed by atoms with Gasteiger partial charge in [0.25, 0.3) is 0 Å². The van der Waals surface area contributed by atoms with Crippen molar-refractivity contribution in [2.45, 2.75) is 25.4 Å². The number of aliphatic carboxylic acids is 1. The molecule has 14 heavy (non-hydrogen) atoms. The van der Waals surface area contributed by atoms with Crippen molar-refractivity contribution in [3.63, 3.8) is 0 Å². The van der Waals surface area contributed by atoms with Gasteiger partial charge in [-0.25, -0.2) is 4.79 Å². The number of amides is 1. The Kier molecular flexibility index (Phi) is 2.93. The van der Waals surface area contributed by atoms with Crippen LogP contribution in [0.5, 0.6) is 0 Å². The lowest BCUT2D eigenvalue weighted by atomic mass is 10.2. The van der Waals surface area contributed by atoms with Crippen molar-refractivity contribution in [1.29, 1.82) is 0 Å². The van der Waals surface area contributed by atoms with E-state index in [2.05, 4.69) is 10.0 Å². The van der Waals surface area contributed by atoms with Gasteiger partial charge in [0.15, 0.2) is 0 Å². The van der Waals surface area contributed by atoms with Gasteiger partial charge in [0.1, 0.15) is 6.04 Å². The first kappa shape index (κ1) is 10.3. The number of carbonyl (C=O) groups is 2. The second kappa shape index (κ2) is 3.97. The topological polar surface area (TPSA) is 106 Å². The van der Waals surface area contributed by atoms with Gasteiger partial charge in [0.05, 0.1) is 6.04 Å². The van der Waals surface area contributed by atoms with Gasteiger partial charge in [-0.2, -0.15) is 0 Å². The van der Waals surface area contributed by atoms with Crippen LogP contribution >= 0.6 is 0 Å². The number of hydrogen-bond donors (Lipinski definition) is 1. The quantitative estimate of drug-likeness (QED) is 0.393. The highest BCUT2D eigenvalue weighted by Crippen LogP contribution is 2.20. The highest BCUT2D eigenvalue weighted by Gasteiger charge is 2.37. The van der Waals surface area contributed by atoms with Gasteiger partial charge < -0.3 is 10.0 Å². The maximum Gasteiger partial charge on any atom is 0.326 e. The van der Waals surface area contributed by atoms with Crippen LogP contribution in [0.15, 0.2) is 5.11 Å². The lowest BCUT2D eigenvalue weighted by Crippen LogP contribution is -2.39. The minimum atomic E-state index is -1.06. The van der Waals surface area contributed by atoms with Crippen LogP contribution < -0.4 is 0 Å². The molecule has 0 aromatic heterocycles. The third-order valence-electron chi connectivity index (χ3n) is 2.18. The van der Waals surface area contributed by atoms with Crippen LogP contribution in [-0.2, 0) is 9.59 Å².